The zero-order valence-corrected chi connectivity index (χ0v) is 8.43. The topological polar surface area (TPSA) is 33.0 Å². The highest BCUT2D eigenvalue weighted by Crippen LogP contribution is 2.15. The van der Waals surface area contributed by atoms with Crippen LogP contribution in [0.15, 0.2) is 0 Å². The first kappa shape index (κ1) is 10.2. The molecule has 0 amide bonds. The second-order valence-electron chi connectivity index (χ2n) is 3.50. The van der Waals surface area contributed by atoms with Crippen LogP contribution in [0.2, 0.25) is 19.6 Å². The SMILES string of the molecule is C#C[C@@](C)(C#N)O[Si](C)(C)C. The van der Waals surface area contributed by atoms with Gasteiger partial charge in [0.1, 0.15) is 6.07 Å². The molecule has 3 heteroatoms. The predicted molar refractivity (Wildman–Crippen MR) is 47.3 cm³/mol. The number of nitriles is 1. The minimum absolute atomic E-state index is 1.04. The van der Waals surface area contributed by atoms with E-state index in [1.54, 1.807) is 6.92 Å². The van der Waals surface area contributed by atoms with Crippen LogP contribution in [0.3, 0.4) is 0 Å². The highest BCUT2D eigenvalue weighted by Gasteiger charge is 2.29. The predicted octanol–water partition coefficient (Wildman–Crippen LogP) is 1.75. The second kappa shape index (κ2) is 3.09. The summed E-state index contributed by atoms with van der Waals surface area (Å²) in [5.41, 5.74) is -1.04. The summed E-state index contributed by atoms with van der Waals surface area (Å²) in [5.74, 6) is 2.34. The van der Waals surface area contributed by atoms with Crippen LogP contribution in [0.25, 0.3) is 0 Å². The van der Waals surface area contributed by atoms with Crippen molar-refractivity contribution in [2.75, 3.05) is 0 Å². The number of terminal acetylenes is 1. The molecular formula is C8H13NOSi. The summed E-state index contributed by atoms with van der Waals surface area (Å²) in [6, 6.07) is 1.96. The number of nitrogens with zero attached hydrogens (tertiary/aromatic N) is 1. The summed E-state index contributed by atoms with van der Waals surface area (Å²) in [4.78, 5) is 0. The van der Waals surface area contributed by atoms with E-state index in [4.69, 9.17) is 16.1 Å². The first-order valence-electron chi connectivity index (χ1n) is 3.42. The fourth-order valence-corrected chi connectivity index (χ4v) is 2.03. The van der Waals surface area contributed by atoms with Gasteiger partial charge in [-0.05, 0) is 26.6 Å². The van der Waals surface area contributed by atoms with E-state index >= 15 is 0 Å². The molecule has 0 saturated carbocycles. The molecule has 2 nitrogen and oxygen atoms in total. The molecule has 0 fully saturated rings. The molecule has 0 rings (SSSR count). The van der Waals surface area contributed by atoms with Crippen molar-refractivity contribution in [3.8, 4) is 18.4 Å². The lowest BCUT2D eigenvalue weighted by molar-refractivity contribution is 0.202. The Labute approximate surface area is 69.3 Å². The highest BCUT2D eigenvalue weighted by molar-refractivity contribution is 6.69. The van der Waals surface area contributed by atoms with Crippen molar-refractivity contribution in [3.05, 3.63) is 0 Å². The van der Waals surface area contributed by atoms with Gasteiger partial charge in [-0.3, -0.25) is 0 Å². The zero-order valence-electron chi connectivity index (χ0n) is 7.43. The zero-order chi connectivity index (χ0) is 9.12. The first-order valence-corrected chi connectivity index (χ1v) is 6.83. The van der Waals surface area contributed by atoms with Crippen LogP contribution in [-0.4, -0.2) is 13.9 Å². The van der Waals surface area contributed by atoms with Gasteiger partial charge in [0.05, 0.1) is 0 Å². The molecule has 0 aliphatic heterocycles. The normalized spacial score (nSPS) is 16.2. The van der Waals surface area contributed by atoms with E-state index in [2.05, 4.69) is 5.92 Å². The molecule has 0 unspecified atom stereocenters. The van der Waals surface area contributed by atoms with Crippen LogP contribution in [0.4, 0.5) is 0 Å². The van der Waals surface area contributed by atoms with Crippen LogP contribution in [0.5, 0.6) is 0 Å². The summed E-state index contributed by atoms with van der Waals surface area (Å²) in [6.07, 6.45) is 5.15. The van der Waals surface area contributed by atoms with Crippen molar-refractivity contribution < 1.29 is 4.43 Å². The van der Waals surface area contributed by atoms with Crippen LogP contribution in [0.1, 0.15) is 6.92 Å². The van der Waals surface area contributed by atoms with Gasteiger partial charge in [-0.2, -0.15) is 5.26 Å². The Balaban J connectivity index is 4.40. The Kier molecular flexibility index (Phi) is 2.87. The molecule has 0 N–H and O–H groups in total. The Morgan fingerprint density at radius 2 is 1.91 bits per heavy atom. The van der Waals surface area contributed by atoms with Gasteiger partial charge in [0.25, 0.3) is 0 Å². The third-order valence-electron chi connectivity index (χ3n) is 0.999. The van der Waals surface area contributed by atoms with Gasteiger partial charge < -0.3 is 4.43 Å². The molecule has 0 spiro atoms. The fourth-order valence-electron chi connectivity index (χ4n) is 0.697. The molecule has 0 aromatic heterocycles. The van der Waals surface area contributed by atoms with Crippen molar-refractivity contribution in [2.24, 2.45) is 0 Å². The van der Waals surface area contributed by atoms with Gasteiger partial charge in [-0.15, -0.1) is 6.42 Å². The van der Waals surface area contributed by atoms with Crippen molar-refractivity contribution in [3.63, 3.8) is 0 Å². The van der Waals surface area contributed by atoms with Gasteiger partial charge in [-0.1, -0.05) is 5.92 Å². The van der Waals surface area contributed by atoms with Gasteiger partial charge >= 0.3 is 0 Å². The average molecular weight is 167 g/mol. The van der Waals surface area contributed by atoms with Crippen LogP contribution in [-0.2, 0) is 4.43 Å². The van der Waals surface area contributed by atoms with Crippen molar-refractivity contribution in [1.29, 1.82) is 5.26 Å². The lowest BCUT2D eigenvalue weighted by Gasteiger charge is -2.25. The minimum Gasteiger partial charge on any atom is -0.391 e. The Morgan fingerprint density at radius 1 is 1.45 bits per heavy atom. The van der Waals surface area contributed by atoms with E-state index in [0.717, 1.165) is 0 Å². The molecule has 0 saturated heterocycles. The van der Waals surface area contributed by atoms with E-state index < -0.39 is 13.9 Å². The third kappa shape index (κ3) is 3.82. The molecule has 0 aromatic rings. The van der Waals surface area contributed by atoms with Crippen molar-refractivity contribution in [2.45, 2.75) is 32.2 Å². The maximum absolute atomic E-state index is 8.65. The van der Waals surface area contributed by atoms with Crippen LogP contribution >= 0.6 is 0 Å². The molecule has 11 heavy (non-hydrogen) atoms. The summed E-state index contributed by atoms with van der Waals surface area (Å²) >= 11 is 0. The van der Waals surface area contributed by atoms with Gasteiger partial charge in [-0.25, -0.2) is 0 Å². The quantitative estimate of drug-likeness (QED) is 0.464. The first-order chi connectivity index (χ1) is 4.83. The van der Waals surface area contributed by atoms with Crippen molar-refractivity contribution in [1.82, 2.24) is 0 Å². The van der Waals surface area contributed by atoms with Crippen molar-refractivity contribution >= 4 is 8.32 Å². The molecule has 0 aliphatic carbocycles. The molecule has 60 valence electrons. The largest absolute Gasteiger partial charge is 0.391 e. The average Bonchev–Trinajstić information content (AvgIpc) is 1.84. The lowest BCUT2D eigenvalue weighted by atomic mass is 10.1. The van der Waals surface area contributed by atoms with Crippen LogP contribution < -0.4 is 0 Å². The standard InChI is InChI=1S/C8H13NOSi/c1-6-8(2,7-9)10-11(3,4)5/h1H,2-5H3/t8-/m0/s1. The molecule has 0 heterocycles. The highest BCUT2D eigenvalue weighted by atomic mass is 28.4. The summed E-state index contributed by atoms with van der Waals surface area (Å²) < 4.78 is 5.47. The monoisotopic (exact) mass is 167 g/mol. The van der Waals surface area contributed by atoms with E-state index in [1.165, 1.54) is 0 Å². The maximum Gasteiger partial charge on any atom is 0.203 e. The third-order valence-corrected chi connectivity index (χ3v) is 2.02. The fraction of sp³-hybridized carbons (Fsp3) is 0.625. The molecule has 0 radical (unpaired) electrons. The van der Waals surface area contributed by atoms with Gasteiger partial charge in [0.2, 0.25) is 5.60 Å². The Hall–Kier alpha value is -0.773. The maximum atomic E-state index is 8.65. The van der Waals surface area contributed by atoms with E-state index in [-0.39, 0.29) is 0 Å². The number of hydrogen-bond donors (Lipinski definition) is 0. The summed E-state index contributed by atoms with van der Waals surface area (Å²) in [5, 5.41) is 8.65. The van der Waals surface area contributed by atoms with E-state index in [9.17, 15) is 0 Å². The van der Waals surface area contributed by atoms with Gasteiger partial charge in [0, 0.05) is 0 Å². The lowest BCUT2D eigenvalue weighted by Crippen LogP contribution is -2.38. The number of rotatable bonds is 2. The molecular weight excluding hydrogens is 154 g/mol. The Bertz CT molecular complexity index is 202. The molecule has 0 aliphatic rings. The number of hydrogen-bond acceptors (Lipinski definition) is 2. The van der Waals surface area contributed by atoms with E-state index in [0.29, 0.717) is 0 Å². The van der Waals surface area contributed by atoms with Crippen LogP contribution in [0, 0.1) is 23.7 Å². The summed E-state index contributed by atoms with van der Waals surface area (Å²) in [6.45, 7) is 7.62. The summed E-state index contributed by atoms with van der Waals surface area (Å²) in [7, 11) is -1.70. The van der Waals surface area contributed by atoms with E-state index in [1.807, 2.05) is 25.7 Å². The minimum atomic E-state index is -1.70. The smallest absolute Gasteiger partial charge is 0.203 e. The molecule has 0 aromatic carbocycles. The molecule has 0 bridgehead atoms. The van der Waals surface area contributed by atoms with Gasteiger partial charge in [0.15, 0.2) is 8.32 Å². The molecule has 1 atom stereocenters. The second-order valence-corrected chi connectivity index (χ2v) is 7.93. The Morgan fingerprint density at radius 3 is 2.00 bits per heavy atom.